The summed E-state index contributed by atoms with van der Waals surface area (Å²) in [4.78, 5) is 0. The van der Waals surface area contributed by atoms with Gasteiger partial charge in [-0.25, -0.2) is 0 Å². The van der Waals surface area contributed by atoms with Crippen molar-refractivity contribution in [3.63, 3.8) is 0 Å². The van der Waals surface area contributed by atoms with Crippen molar-refractivity contribution in [3.05, 3.63) is 76.4 Å². The SMILES string of the molecule is C=Cc1cc(CCc2ccc(C)c(C(C)(C)C)c2)cc(C(C)(C)C)c1. The van der Waals surface area contributed by atoms with Crippen LogP contribution in [0.4, 0.5) is 0 Å². The molecule has 0 amide bonds. The summed E-state index contributed by atoms with van der Waals surface area (Å²) in [5.41, 5.74) is 8.65. The Balaban J connectivity index is 2.26. The summed E-state index contributed by atoms with van der Waals surface area (Å²) in [6, 6.07) is 13.9. The molecular formula is C25H34. The van der Waals surface area contributed by atoms with Crippen molar-refractivity contribution in [2.75, 3.05) is 0 Å². The van der Waals surface area contributed by atoms with E-state index in [1.165, 1.54) is 33.4 Å². The molecule has 0 heteroatoms. The first-order valence-electron chi connectivity index (χ1n) is 9.37. The van der Waals surface area contributed by atoms with Gasteiger partial charge in [-0.1, -0.05) is 90.6 Å². The maximum Gasteiger partial charge on any atom is -0.0129 e. The van der Waals surface area contributed by atoms with Gasteiger partial charge in [0.15, 0.2) is 0 Å². The van der Waals surface area contributed by atoms with Gasteiger partial charge in [0.2, 0.25) is 0 Å². The van der Waals surface area contributed by atoms with E-state index >= 15 is 0 Å². The summed E-state index contributed by atoms with van der Waals surface area (Å²) in [5, 5.41) is 0. The molecule has 0 atom stereocenters. The fraction of sp³-hybridized carbons (Fsp3) is 0.440. The van der Waals surface area contributed by atoms with Gasteiger partial charge in [0, 0.05) is 0 Å². The molecule has 2 aromatic rings. The van der Waals surface area contributed by atoms with E-state index in [1.54, 1.807) is 0 Å². The third-order valence-corrected chi connectivity index (χ3v) is 4.93. The summed E-state index contributed by atoms with van der Waals surface area (Å²) in [7, 11) is 0. The first-order chi connectivity index (χ1) is 11.5. The molecule has 2 rings (SSSR count). The summed E-state index contributed by atoms with van der Waals surface area (Å²) in [5.74, 6) is 0. The van der Waals surface area contributed by atoms with Gasteiger partial charge < -0.3 is 0 Å². The standard InChI is InChI=1S/C25H34/c1-9-19-14-21(16-22(15-19)24(3,4)5)13-12-20-11-10-18(2)23(17-20)25(6,7)8/h9-11,14-17H,1,12-13H2,2-8H3. The van der Waals surface area contributed by atoms with Crippen LogP contribution >= 0.6 is 0 Å². The van der Waals surface area contributed by atoms with E-state index in [9.17, 15) is 0 Å². The highest BCUT2D eigenvalue weighted by molar-refractivity contribution is 5.51. The molecule has 0 saturated heterocycles. The second-order valence-corrected chi connectivity index (χ2v) is 9.32. The number of hydrogen-bond acceptors (Lipinski definition) is 0. The largest absolute Gasteiger partial charge is 0.0985 e. The van der Waals surface area contributed by atoms with Crippen molar-refractivity contribution in [2.24, 2.45) is 0 Å². The number of benzene rings is 2. The fourth-order valence-corrected chi connectivity index (χ4v) is 3.33. The topological polar surface area (TPSA) is 0 Å². The van der Waals surface area contributed by atoms with E-state index < -0.39 is 0 Å². The number of aryl methyl sites for hydroxylation is 3. The summed E-state index contributed by atoms with van der Waals surface area (Å²) < 4.78 is 0. The quantitative estimate of drug-likeness (QED) is 0.563. The number of hydrogen-bond donors (Lipinski definition) is 0. The molecule has 0 spiro atoms. The molecule has 0 nitrogen and oxygen atoms in total. The van der Waals surface area contributed by atoms with Gasteiger partial charge in [-0.05, 0) is 64.0 Å². The fourth-order valence-electron chi connectivity index (χ4n) is 3.33. The van der Waals surface area contributed by atoms with Crippen molar-refractivity contribution in [2.45, 2.75) is 72.1 Å². The highest BCUT2D eigenvalue weighted by Crippen LogP contribution is 2.28. The molecule has 2 aromatic carbocycles. The average molecular weight is 335 g/mol. The zero-order valence-electron chi connectivity index (χ0n) is 17.2. The van der Waals surface area contributed by atoms with Gasteiger partial charge >= 0.3 is 0 Å². The summed E-state index contributed by atoms with van der Waals surface area (Å²) in [6.07, 6.45) is 4.10. The van der Waals surface area contributed by atoms with Crippen LogP contribution in [0.1, 0.15) is 74.9 Å². The van der Waals surface area contributed by atoms with Gasteiger partial charge in [-0.3, -0.25) is 0 Å². The molecule has 0 bridgehead atoms. The Hall–Kier alpha value is -1.82. The van der Waals surface area contributed by atoms with Crippen LogP contribution in [-0.4, -0.2) is 0 Å². The maximum atomic E-state index is 3.96. The molecule has 134 valence electrons. The van der Waals surface area contributed by atoms with E-state index in [2.05, 4.69) is 91.4 Å². The smallest absolute Gasteiger partial charge is 0.0129 e. The molecule has 0 aliphatic heterocycles. The first-order valence-corrected chi connectivity index (χ1v) is 9.37. The zero-order chi connectivity index (χ0) is 18.8. The predicted molar refractivity (Wildman–Crippen MR) is 113 cm³/mol. The van der Waals surface area contributed by atoms with Gasteiger partial charge in [-0.2, -0.15) is 0 Å². The molecule has 0 unspecified atom stereocenters. The van der Waals surface area contributed by atoms with Gasteiger partial charge in [0.1, 0.15) is 0 Å². The van der Waals surface area contributed by atoms with Gasteiger partial charge in [0.25, 0.3) is 0 Å². The highest BCUT2D eigenvalue weighted by atomic mass is 14.2. The van der Waals surface area contributed by atoms with Crippen LogP contribution in [0.5, 0.6) is 0 Å². The normalized spacial score (nSPS) is 12.3. The van der Waals surface area contributed by atoms with E-state index in [4.69, 9.17) is 0 Å². The molecule has 0 radical (unpaired) electrons. The molecule has 0 aliphatic carbocycles. The lowest BCUT2D eigenvalue weighted by atomic mass is 9.82. The van der Waals surface area contributed by atoms with Crippen LogP contribution in [0.3, 0.4) is 0 Å². The molecule has 0 fully saturated rings. The van der Waals surface area contributed by atoms with Gasteiger partial charge in [0.05, 0.1) is 0 Å². The lowest BCUT2D eigenvalue weighted by Gasteiger charge is -2.23. The van der Waals surface area contributed by atoms with E-state index in [0.29, 0.717) is 0 Å². The van der Waals surface area contributed by atoms with Crippen LogP contribution in [0, 0.1) is 6.92 Å². The third-order valence-electron chi connectivity index (χ3n) is 4.93. The highest BCUT2D eigenvalue weighted by Gasteiger charge is 2.17. The zero-order valence-corrected chi connectivity index (χ0v) is 17.2. The van der Waals surface area contributed by atoms with Crippen LogP contribution < -0.4 is 0 Å². The van der Waals surface area contributed by atoms with Gasteiger partial charge in [-0.15, -0.1) is 0 Å². The van der Waals surface area contributed by atoms with Crippen LogP contribution in [0.25, 0.3) is 6.08 Å². The molecule has 0 N–H and O–H groups in total. The van der Waals surface area contributed by atoms with Crippen molar-refractivity contribution < 1.29 is 0 Å². The van der Waals surface area contributed by atoms with Crippen LogP contribution in [0.15, 0.2) is 43.0 Å². The molecular weight excluding hydrogens is 300 g/mol. The van der Waals surface area contributed by atoms with Crippen molar-refractivity contribution in [1.82, 2.24) is 0 Å². The summed E-state index contributed by atoms with van der Waals surface area (Å²) in [6.45, 7) is 19.9. The molecule has 0 heterocycles. The molecule has 0 aromatic heterocycles. The molecule has 0 aliphatic rings. The minimum absolute atomic E-state index is 0.164. The summed E-state index contributed by atoms with van der Waals surface area (Å²) >= 11 is 0. The Labute approximate surface area is 155 Å². The van der Waals surface area contributed by atoms with Crippen LogP contribution in [-0.2, 0) is 23.7 Å². The minimum atomic E-state index is 0.164. The Bertz CT molecular complexity index is 749. The van der Waals surface area contributed by atoms with Crippen molar-refractivity contribution in [1.29, 1.82) is 0 Å². The second-order valence-electron chi connectivity index (χ2n) is 9.32. The Morgan fingerprint density at radius 1 is 0.800 bits per heavy atom. The second kappa shape index (κ2) is 7.20. The maximum absolute atomic E-state index is 3.96. The lowest BCUT2D eigenvalue weighted by molar-refractivity contribution is 0.584. The predicted octanol–water partition coefficient (Wildman–Crippen LogP) is 7.02. The average Bonchev–Trinajstić information content (AvgIpc) is 2.51. The van der Waals surface area contributed by atoms with E-state index in [-0.39, 0.29) is 10.8 Å². The van der Waals surface area contributed by atoms with Crippen molar-refractivity contribution >= 4 is 6.08 Å². The molecule has 25 heavy (non-hydrogen) atoms. The monoisotopic (exact) mass is 334 g/mol. The third kappa shape index (κ3) is 5.08. The Kier molecular flexibility index (Phi) is 5.62. The van der Waals surface area contributed by atoms with E-state index in [1.807, 2.05) is 6.08 Å². The van der Waals surface area contributed by atoms with E-state index in [0.717, 1.165) is 12.8 Å². The minimum Gasteiger partial charge on any atom is -0.0985 e. The molecule has 0 saturated carbocycles. The lowest BCUT2D eigenvalue weighted by Crippen LogP contribution is -2.13. The Morgan fingerprint density at radius 3 is 2.00 bits per heavy atom. The van der Waals surface area contributed by atoms with Crippen LogP contribution in [0.2, 0.25) is 0 Å². The first kappa shape index (κ1) is 19.5. The Morgan fingerprint density at radius 2 is 1.44 bits per heavy atom. The van der Waals surface area contributed by atoms with Crippen molar-refractivity contribution in [3.8, 4) is 0 Å². The number of rotatable bonds is 4.